The number of quaternary nitrogens is 1. The third-order valence-corrected chi connectivity index (χ3v) is 1.94. The van der Waals surface area contributed by atoms with Crippen molar-refractivity contribution in [2.45, 2.75) is 6.54 Å². The molecule has 2 aromatic carbocycles. The second kappa shape index (κ2) is 7.45. The molecule has 2 rings (SSSR count). The van der Waals surface area contributed by atoms with Gasteiger partial charge in [0, 0.05) is 0 Å². The molecule has 0 fully saturated rings. The van der Waals surface area contributed by atoms with Crippen LogP contribution in [0.25, 0.3) is 0 Å². The summed E-state index contributed by atoms with van der Waals surface area (Å²) in [5.74, 6) is 0. The SMILES string of the molecule is C[N+](C)(C)Cc1ccc[cH-]1.[Fe+2].c1cc[cH-]c1. The van der Waals surface area contributed by atoms with Crippen LogP contribution in [-0.4, -0.2) is 25.6 Å². The molecule has 0 aliphatic rings. The predicted molar refractivity (Wildman–Crippen MR) is 65.8 cm³/mol. The van der Waals surface area contributed by atoms with Crippen molar-refractivity contribution in [3.63, 3.8) is 0 Å². The Kier molecular flexibility index (Phi) is 7.07. The zero-order valence-electron chi connectivity index (χ0n) is 10.2. The normalized spacial score (nSPS) is 9.94. The first-order valence-electron chi connectivity index (χ1n) is 5.26. The van der Waals surface area contributed by atoms with E-state index >= 15 is 0 Å². The van der Waals surface area contributed by atoms with E-state index in [-0.39, 0.29) is 17.1 Å². The summed E-state index contributed by atoms with van der Waals surface area (Å²) in [4.78, 5) is 0. The van der Waals surface area contributed by atoms with Gasteiger partial charge in [-0.1, -0.05) is 0 Å². The maximum atomic E-state index is 2.20. The van der Waals surface area contributed by atoms with E-state index in [1.807, 2.05) is 30.3 Å². The third-order valence-electron chi connectivity index (χ3n) is 1.94. The quantitative estimate of drug-likeness (QED) is 0.441. The van der Waals surface area contributed by atoms with E-state index in [9.17, 15) is 0 Å². The van der Waals surface area contributed by atoms with Gasteiger partial charge in [0.15, 0.2) is 0 Å². The molecule has 0 unspecified atom stereocenters. The van der Waals surface area contributed by atoms with E-state index in [0.717, 1.165) is 11.0 Å². The summed E-state index contributed by atoms with van der Waals surface area (Å²) in [7, 11) is 6.60. The molecule has 0 saturated heterocycles. The van der Waals surface area contributed by atoms with Crippen LogP contribution in [0.15, 0.2) is 54.6 Å². The van der Waals surface area contributed by atoms with Gasteiger partial charge in [-0.2, -0.15) is 30.3 Å². The zero-order valence-corrected chi connectivity index (χ0v) is 11.3. The van der Waals surface area contributed by atoms with Crippen LogP contribution in [0.4, 0.5) is 0 Å². The van der Waals surface area contributed by atoms with Gasteiger partial charge in [-0.25, -0.2) is 24.3 Å². The summed E-state index contributed by atoms with van der Waals surface area (Å²) in [6.07, 6.45) is 0. The predicted octanol–water partition coefficient (Wildman–Crippen LogP) is 3.01. The van der Waals surface area contributed by atoms with E-state index < -0.39 is 0 Å². The van der Waals surface area contributed by atoms with Gasteiger partial charge in [0.05, 0.1) is 27.7 Å². The van der Waals surface area contributed by atoms with Gasteiger partial charge >= 0.3 is 17.1 Å². The van der Waals surface area contributed by atoms with Gasteiger partial charge < -0.3 is 4.48 Å². The number of hydrogen-bond acceptors (Lipinski definition) is 0. The molecule has 0 amide bonds. The fourth-order valence-corrected chi connectivity index (χ4v) is 1.39. The molecule has 88 valence electrons. The van der Waals surface area contributed by atoms with E-state index in [1.165, 1.54) is 5.56 Å². The summed E-state index contributed by atoms with van der Waals surface area (Å²) in [6, 6.07) is 18.5. The molecule has 0 bridgehead atoms. The molecule has 0 spiro atoms. The molecule has 0 atom stereocenters. The van der Waals surface area contributed by atoms with Crippen molar-refractivity contribution in [3.05, 3.63) is 60.2 Å². The van der Waals surface area contributed by atoms with Gasteiger partial charge in [0.25, 0.3) is 0 Å². The van der Waals surface area contributed by atoms with Gasteiger partial charge in [0.1, 0.15) is 0 Å². The van der Waals surface area contributed by atoms with Crippen LogP contribution in [0.3, 0.4) is 0 Å². The van der Waals surface area contributed by atoms with E-state index in [4.69, 9.17) is 0 Å². The second-order valence-corrected chi connectivity index (χ2v) is 4.70. The first kappa shape index (κ1) is 15.2. The monoisotopic (exact) mass is 258 g/mol. The second-order valence-electron chi connectivity index (χ2n) is 4.70. The first-order chi connectivity index (χ1) is 7.08. The van der Waals surface area contributed by atoms with E-state index in [1.54, 1.807) is 0 Å². The van der Waals surface area contributed by atoms with Crippen molar-refractivity contribution in [1.29, 1.82) is 0 Å². The molecular formula is C14H20FeN+. The first-order valence-corrected chi connectivity index (χ1v) is 5.26. The summed E-state index contributed by atoms with van der Waals surface area (Å²) in [6.45, 7) is 1.12. The summed E-state index contributed by atoms with van der Waals surface area (Å²) in [5.41, 5.74) is 1.42. The maximum Gasteiger partial charge on any atom is 2.00 e. The summed E-state index contributed by atoms with van der Waals surface area (Å²) in [5, 5.41) is 0. The molecule has 0 N–H and O–H groups in total. The molecule has 2 heteroatoms. The maximum absolute atomic E-state index is 2.20. The number of hydrogen-bond donors (Lipinski definition) is 0. The van der Waals surface area contributed by atoms with Crippen molar-refractivity contribution in [3.8, 4) is 0 Å². The number of nitrogens with zero attached hydrogens (tertiary/aromatic N) is 1. The molecule has 0 aliphatic carbocycles. The van der Waals surface area contributed by atoms with Crippen LogP contribution >= 0.6 is 0 Å². The van der Waals surface area contributed by atoms with Crippen molar-refractivity contribution in [2.24, 2.45) is 0 Å². The largest absolute Gasteiger partial charge is 2.00 e. The van der Waals surface area contributed by atoms with Gasteiger partial charge in [0.2, 0.25) is 0 Å². The minimum absolute atomic E-state index is 0. The van der Waals surface area contributed by atoms with Gasteiger partial charge in [-0.05, 0) is 0 Å². The van der Waals surface area contributed by atoms with Crippen molar-refractivity contribution in [1.82, 2.24) is 0 Å². The summed E-state index contributed by atoms with van der Waals surface area (Å²) < 4.78 is 1.00. The molecule has 0 heterocycles. The standard InChI is InChI=1S/C9H15N.C5H5.Fe/c1-10(2,3)8-9-6-4-5-7-9;1-2-4-5-3-1;/h4-7H,8H2,1-3H3;1-5H;/q;-1;+2. The number of rotatable bonds is 2. The average molecular weight is 258 g/mol. The van der Waals surface area contributed by atoms with Crippen LogP contribution in [0.2, 0.25) is 0 Å². The van der Waals surface area contributed by atoms with Crippen LogP contribution in [-0.2, 0) is 23.6 Å². The molecule has 1 nitrogen and oxygen atoms in total. The van der Waals surface area contributed by atoms with Gasteiger partial charge in [-0.15, -0.1) is 5.56 Å². The van der Waals surface area contributed by atoms with Crippen LogP contribution in [0, 0.1) is 0 Å². The van der Waals surface area contributed by atoms with Crippen molar-refractivity contribution < 1.29 is 21.6 Å². The Balaban J connectivity index is 0.000000318. The Labute approximate surface area is 109 Å². The Morgan fingerprint density at radius 2 is 1.62 bits per heavy atom. The molecule has 16 heavy (non-hydrogen) atoms. The van der Waals surface area contributed by atoms with Crippen LogP contribution in [0.5, 0.6) is 0 Å². The molecule has 0 aliphatic heterocycles. The third kappa shape index (κ3) is 7.47. The minimum atomic E-state index is 0. The smallest absolute Gasteiger partial charge is 0.329 e. The fraction of sp³-hybridized carbons (Fsp3) is 0.286. The topological polar surface area (TPSA) is 0 Å². The van der Waals surface area contributed by atoms with Crippen molar-refractivity contribution >= 4 is 0 Å². The fourth-order valence-electron chi connectivity index (χ4n) is 1.39. The average Bonchev–Trinajstić information content (AvgIpc) is 2.71. The molecule has 0 saturated carbocycles. The molecule has 2 aromatic rings. The zero-order chi connectivity index (χ0) is 11.1. The van der Waals surface area contributed by atoms with Crippen LogP contribution in [0.1, 0.15) is 5.56 Å². The van der Waals surface area contributed by atoms with Gasteiger partial charge in [-0.3, -0.25) is 0 Å². The minimum Gasteiger partial charge on any atom is -0.329 e. The Hall–Kier alpha value is -0.821. The molecular weight excluding hydrogens is 238 g/mol. The van der Waals surface area contributed by atoms with E-state index in [0.29, 0.717) is 0 Å². The Morgan fingerprint density at radius 1 is 1.00 bits per heavy atom. The van der Waals surface area contributed by atoms with Crippen LogP contribution < -0.4 is 0 Å². The van der Waals surface area contributed by atoms with E-state index in [2.05, 4.69) is 45.4 Å². The molecule has 0 aromatic heterocycles. The summed E-state index contributed by atoms with van der Waals surface area (Å²) >= 11 is 0. The Bertz CT molecular complexity index is 310. The Morgan fingerprint density at radius 3 is 1.94 bits per heavy atom. The van der Waals surface area contributed by atoms with Crippen molar-refractivity contribution in [2.75, 3.05) is 21.1 Å². The molecule has 0 radical (unpaired) electrons.